The number of morpholine rings is 1. The molecule has 4 aromatic rings. The molecule has 236 valence electrons. The molecule has 0 unspecified atom stereocenters. The molecule has 45 heavy (non-hydrogen) atoms. The fourth-order valence-electron chi connectivity index (χ4n) is 8.21. The quantitative estimate of drug-likeness (QED) is 0.218. The molecule has 8 rings (SSSR count). The molecule has 2 aromatic carbocycles. The van der Waals surface area contributed by atoms with E-state index in [1.165, 1.54) is 12.8 Å². The molecule has 2 aromatic heterocycles. The summed E-state index contributed by atoms with van der Waals surface area (Å²) in [4.78, 5) is 19.2. The van der Waals surface area contributed by atoms with Crippen molar-refractivity contribution >= 4 is 27.5 Å². The first-order valence-electron chi connectivity index (χ1n) is 16.3. The molecule has 5 heterocycles. The van der Waals surface area contributed by atoms with Crippen LogP contribution in [0.2, 0.25) is 0 Å². The summed E-state index contributed by atoms with van der Waals surface area (Å²) >= 11 is 0. The molecule has 0 radical (unpaired) electrons. The highest BCUT2D eigenvalue weighted by molar-refractivity contribution is 6.00. The summed E-state index contributed by atoms with van der Waals surface area (Å²) in [6.07, 6.45) is 10.7. The van der Waals surface area contributed by atoms with Crippen LogP contribution in [0.5, 0.6) is 11.8 Å². The second-order valence-electron chi connectivity index (χ2n) is 13.1. The summed E-state index contributed by atoms with van der Waals surface area (Å²) in [5.41, 5.74) is 0.893. The summed E-state index contributed by atoms with van der Waals surface area (Å²) in [6.45, 7) is 4.79. The van der Waals surface area contributed by atoms with Crippen LogP contribution in [-0.4, -0.2) is 84.3 Å². The zero-order valence-electron chi connectivity index (χ0n) is 25.9. The van der Waals surface area contributed by atoms with E-state index in [-0.39, 0.29) is 35.2 Å². The SMILES string of the molecule is COCOc1cc(-c2ncc3c(N4CCOC5(CCCC5)C4)nc(OCC45CCCN4CCC5)nc3c2F)c2ccccc2c1. The van der Waals surface area contributed by atoms with E-state index in [4.69, 9.17) is 33.9 Å². The molecule has 0 atom stereocenters. The molecule has 0 amide bonds. The van der Waals surface area contributed by atoms with Crippen molar-refractivity contribution in [2.45, 2.75) is 62.5 Å². The van der Waals surface area contributed by atoms with E-state index < -0.39 is 5.82 Å². The van der Waals surface area contributed by atoms with Gasteiger partial charge in [-0.2, -0.15) is 9.97 Å². The molecule has 10 heteroatoms. The summed E-state index contributed by atoms with van der Waals surface area (Å²) in [7, 11) is 1.57. The molecule has 1 spiro atoms. The first-order chi connectivity index (χ1) is 22.1. The first-order valence-corrected chi connectivity index (χ1v) is 16.3. The lowest BCUT2D eigenvalue weighted by molar-refractivity contribution is -0.0503. The average Bonchev–Trinajstić information content (AvgIpc) is 3.79. The third-order valence-electron chi connectivity index (χ3n) is 10.4. The molecule has 4 fully saturated rings. The van der Waals surface area contributed by atoms with E-state index in [2.05, 4.69) is 9.80 Å². The van der Waals surface area contributed by atoms with Crippen LogP contribution in [0.4, 0.5) is 10.2 Å². The van der Waals surface area contributed by atoms with E-state index >= 15 is 4.39 Å². The van der Waals surface area contributed by atoms with Gasteiger partial charge < -0.3 is 23.8 Å². The van der Waals surface area contributed by atoms with Crippen molar-refractivity contribution in [3.05, 3.63) is 48.4 Å². The second kappa shape index (κ2) is 11.6. The zero-order chi connectivity index (χ0) is 30.4. The topological polar surface area (TPSA) is 82.1 Å². The summed E-state index contributed by atoms with van der Waals surface area (Å²) in [6, 6.07) is 11.8. The van der Waals surface area contributed by atoms with Crippen molar-refractivity contribution < 1.29 is 23.3 Å². The Morgan fingerprint density at radius 1 is 0.933 bits per heavy atom. The molecular formula is C35H40FN5O4. The predicted octanol–water partition coefficient (Wildman–Crippen LogP) is 6.12. The average molecular weight is 614 g/mol. The Morgan fingerprint density at radius 3 is 2.58 bits per heavy atom. The number of hydrogen-bond acceptors (Lipinski definition) is 9. The molecule has 9 nitrogen and oxygen atoms in total. The van der Waals surface area contributed by atoms with Gasteiger partial charge in [0.05, 0.1) is 23.1 Å². The highest BCUT2D eigenvalue weighted by Crippen LogP contribution is 2.42. The third kappa shape index (κ3) is 5.16. The van der Waals surface area contributed by atoms with Gasteiger partial charge in [0.1, 0.15) is 29.4 Å². The van der Waals surface area contributed by atoms with Crippen LogP contribution in [0.25, 0.3) is 32.9 Å². The van der Waals surface area contributed by atoms with E-state index in [0.717, 1.165) is 62.4 Å². The van der Waals surface area contributed by atoms with Gasteiger partial charge in [0.15, 0.2) is 12.6 Å². The van der Waals surface area contributed by atoms with E-state index in [1.54, 1.807) is 13.3 Å². The Balaban J connectivity index is 1.24. The summed E-state index contributed by atoms with van der Waals surface area (Å²) in [5, 5.41) is 2.37. The largest absolute Gasteiger partial charge is 0.468 e. The molecule has 1 aliphatic carbocycles. The highest BCUT2D eigenvalue weighted by atomic mass is 19.1. The van der Waals surface area contributed by atoms with E-state index in [9.17, 15) is 0 Å². The molecule has 1 saturated carbocycles. The van der Waals surface area contributed by atoms with Crippen molar-refractivity contribution in [3.8, 4) is 23.0 Å². The van der Waals surface area contributed by atoms with Gasteiger partial charge >= 0.3 is 6.01 Å². The van der Waals surface area contributed by atoms with Gasteiger partial charge in [-0.1, -0.05) is 37.1 Å². The van der Waals surface area contributed by atoms with Crippen LogP contribution >= 0.6 is 0 Å². The van der Waals surface area contributed by atoms with Crippen LogP contribution in [0.15, 0.2) is 42.6 Å². The number of anilines is 1. The fourth-order valence-corrected chi connectivity index (χ4v) is 8.21. The van der Waals surface area contributed by atoms with Crippen LogP contribution in [0.1, 0.15) is 51.4 Å². The number of rotatable bonds is 8. The molecule has 3 aliphatic heterocycles. The van der Waals surface area contributed by atoms with Crippen LogP contribution in [0.3, 0.4) is 0 Å². The Bertz CT molecular complexity index is 1720. The monoisotopic (exact) mass is 613 g/mol. The Hall–Kier alpha value is -3.60. The van der Waals surface area contributed by atoms with Crippen LogP contribution in [-0.2, 0) is 9.47 Å². The van der Waals surface area contributed by atoms with Crippen molar-refractivity contribution in [1.82, 2.24) is 19.9 Å². The van der Waals surface area contributed by atoms with Gasteiger partial charge in [-0.25, -0.2) is 4.39 Å². The zero-order valence-corrected chi connectivity index (χ0v) is 25.9. The maximum absolute atomic E-state index is 16.9. The van der Waals surface area contributed by atoms with Gasteiger partial charge in [-0.3, -0.25) is 9.88 Å². The first kappa shape index (κ1) is 28.8. The van der Waals surface area contributed by atoms with Gasteiger partial charge in [-0.05, 0) is 74.5 Å². The number of pyridine rings is 1. The molecule has 4 aliphatic rings. The number of benzene rings is 2. The minimum atomic E-state index is -0.500. The minimum Gasteiger partial charge on any atom is -0.468 e. The minimum absolute atomic E-state index is 0.0227. The number of nitrogens with zero attached hydrogens (tertiary/aromatic N) is 5. The second-order valence-corrected chi connectivity index (χ2v) is 13.1. The molecule has 3 saturated heterocycles. The number of halogens is 1. The van der Waals surface area contributed by atoms with Gasteiger partial charge in [0.2, 0.25) is 0 Å². The number of aromatic nitrogens is 3. The summed E-state index contributed by atoms with van der Waals surface area (Å²) in [5.74, 6) is 0.739. The normalized spacial score (nSPS) is 20.8. The lowest BCUT2D eigenvalue weighted by Gasteiger charge is -2.41. The maximum atomic E-state index is 16.9. The molecule has 0 N–H and O–H groups in total. The van der Waals surface area contributed by atoms with E-state index in [0.29, 0.717) is 48.8 Å². The molecule has 0 bridgehead atoms. The van der Waals surface area contributed by atoms with Crippen molar-refractivity contribution in [2.24, 2.45) is 0 Å². The Kier molecular flexibility index (Phi) is 7.46. The van der Waals surface area contributed by atoms with Crippen molar-refractivity contribution in [2.75, 3.05) is 58.2 Å². The fraction of sp³-hybridized carbons (Fsp3) is 0.514. The lowest BCUT2D eigenvalue weighted by Crippen LogP contribution is -2.50. The third-order valence-corrected chi connectivity index (χ3v) is 10.4. The van der Waals surface area contributed by atoms with Crippen LogP contribution < -0.4 is 14.4 Å². The maximum Gasteiger partial charge on any atom is 0.319 e. The Labute approximate surface area is 262 Å². The summed E-state index contributed by atoms with van der Waals surface area (Å²) < 4.78 is 40.6. The van der Waals surface area contributed by atoms with Crippen molar-refractivity contribution in [1.29, 1.82) is 0 Å². The lowest BCUT2D eigenvalue weighted by atomic mass is 9.95. The number of hydrogen-bond donors (Lipinski definition) is 0. The number of methoxy groups -OCH3 is 1. The highest BCUT2D eigenvalue weighted by Gasteiger charge is 2.45. The Morgan fingerprint density at radius 2 is 1.76 bits per heavy atom. The van der Waals surface area contributed by atoms with Crippen LogP contribution in [0, 0.1) is 5.82 Å². The van der Waals surface area contributed by atoms with Gasteiger partial charge in [0, 0.05) is 32.0 Å². The predicted molar refractivity (Wildman–Crippen MR) is 170 cm³/mol. The number of fused-ring (bicyclic) bond motifs is 3. The van der Waals surface area contributed by atoms with Gasteiger partial charge in [0.25, 0.3) is 0 Å². The molecular weight excluding hydrogens is 573 g/mol. The van der Waals surface area contributed by atoms with Gasteiger partial charge in [-0.15, -0.1) is 0 Å². The van der Waals surface area contributed by atoms with Crippen molar-refractivity contribution in [3.63, 3.8) is 0 Å². The van der Waals surface area contributed by atoms with E-state index in [1.807, 2.05) is 36.4 Å². The standard InChI is InChI=1S/C35H40FN5O4/c1-42-23-44-25-18-24-8-2-3-9-26(24)27(19-25)30-29(36)31-28(20-37-30)32(40-16-17-45-35(21-40)12-4-5-13-35)39-33(38-31)43-22-34-10-6-14-41(34)15-7-11-34/h2-3,8-9,18-20H,4-7,10-17,21-23H2,1H3. The smallest absolute Gasteiger partial charge is 0.319 e. The number of ether oxygens (including phenoxy) is 4.